The molecule has 2 heterocycles. The molecular weight excluding hydrogens is 358 g/mol. The van der Waals surface area contributed by atoms with Crippen LogP contribution in [0.5, 0.6) is 0 Å². The van der Waals surface area contributed by atoms with Crippen molar-refractivity contribution in [2.24, 2.45) is 0 Å². The van der Waals surface area contributed by atoms with Crippen molar-refractivity contribution < 1.29 is 0 Å². The predicted octanol–water partition coefficient (Wildman–Crippen LogP) is 4.47. The molecule has 29 heavy (non-hydrogen) atoms. The third-order valence-corrected chi connectivity index (χ3v) is 5.26. The number of rotatable bonds is 5. The van der Waals surface area contributed by atoms with E-state index in [1.807, 2.05) is 6.92 Å². The van der Waals surface area contributed by atoms with E-state index in [4.69, 9.17) is 4.98 Å². The fourth-order valence-electron chi connectivity index (χ4n) is 3.92. The van der Waals surface area contributed by atoms with Gasteiger partial charge in [-0.05, 0) is 49.6 Å². The van der Waals surface area contributed by atoms with Crippen molar-refractivity contribution in [3.05, 3.63) is 77.0 Å². The van der Waals surface area contributed by atoms with Gasteiger partial charge < -0.3 is 10.2 Å². The highest BCUT2D eigenvalue weighted by Crippen LogP contribution is 2.21. The van der Waals surface area contributed by atoms with Gasteiger partial charge in [0.05, 0.1) is 0 Å². The number of anilines is 3. The number of aryl methyl sites for hydroxylation is 3. The maximum atomic E-state index is 4.81. The summed E-state index contributed by atoms with van der Waals surface area (Å²) in [6.45, 7) is 11.3. The van der Waals surface area contributed by atoms with E-state index in [2.05, 4.69) is 88.5 Å². The number of nitrogens with one attached hydrogen (secondary N) is 1. The highest BCUT2D eigenvalue weighted by Gasteiger charge is 2.19. The molecule has 4 rings (SSSR count). The lowest BCUT2D eigenvalue weighted by atomic mass is 10.1. The van der Waals surface area contributed by atoms with E-state index < -0.39 is 0 Å². The van der Waals surface area contributed by atoms with Gasteiger partial charge in [0.15, 0.2) is 0 Å². The number of aromatic nitrogens is 2. The highest BCUT2D eigenvalue weighted by atomic mass is 15.3. The molecular formula is C24H29N5. The van der Waals surface area contributed by atoms with Gasteiger partial charge in [-0.2, -0.15) is 4.98 Å². The van der Waals surface area contributed by atoms with Crippen LogP contribution in [-0.4, -0.2) is 41.0 Å². The fraction of sp³-hybridized carbons (Fsp3) is 0.333. The molecule has 0 radical (unpaired) electrons. The largest absolute Gasteiger partial charge is 0.354 e. The van der Waals surface area contributed by atoms with Crippen LogP contribution in [0.3, 0.4) is 0 Å². The third-order valence-electron chi connectivity index (χ3n) is 5.26. The van der Waals surface area contributed by atoms with E-state index in [0.29, 0.717) is 5.95 Å². The van der Waals surface area contributed by atoms with Gasteiger partial charge in [0.1, 0.15) is 5.82 Å². The molecule has 0 unspecified atom stereocenters. The van der Waals surface area contributed by atoms with Crippen LogP contribution in [0.4, 0.5) is 17.5 Å². The highest BCUT2D eigenvalue weighted by molar-refractivity contribution is 5.58. The van der Waals surface area contributed by atoms with Crippen molar-refractivity contribution in [2.45, 2.75) is 27.3 Å². The molecule has 1 aliphatic rings. The Labute approximate surface area is 173 Å². The first-order valence-electron chi connectivity index (χ1n) is 10.3. The molecule has 0 spiro atoms. The summed E-state index contributed by atoms with van der Waals surface area (Å²) in [5.74, 6) is 1.67. The van der Waals surface area contributed by atoms with Gasteiger partial charge in [-0.3, -0.25) is 4.90 Å². The zero-order chi connectivity index (χ0) is 20.2. The van der Waals surface area contributed by atoms with Crippen molar-refractivity contribution in [2.75, 3.05) is 36.4 Å². The number of hydrogen-bond donors (Lipinski definition) is 1. The molecule has 1 aromatic heterocycles. The zero-order valence-electron chi connectivity index (χ0n) is 17.5. The maximum absolute atomic E-state index is 4.81. The van der Waals surface area contributed by atoms with Gasteiger partial charge in [-0.25, -0.2) is 4.98 Å². The van der Waals surface area contributed by atoms with Crippen LogP contribution in [0, 0.1) is 20.8 Å². The van der Waals surface area contributed by atoms with Crippen LogP contribution >= 0.6 is 0 Å². The second-order valence-electron chi connectivity index (χ2n) is 7.94. The number of benzene rings is 2. The van der Waals surface area contributed by atoms with Crippen molar-refractivity contribution in [3.8, 4) is 0 Å². The predicted molar refractivity (Wildman–Crippen MR) is 120 cm³/mol. The van der Waals surface area contributed by atoms with Crippen LogP contribution < -0.4 is 10.2 Å². The summed E-state index contributed by atoms with van der Waals surface area (Å²) < 4.78 is 0. The molecule has 2 aromatic carbocycles. The fourth-order valence-corrected chi connectivity index (χ4v) is 3.92. The van der Waals surface area contributed by atoms with E-state index in [-0.39, 0.29) is 0 Å². The van der Waals surface area contributed by atoms with E-state index in [1.165, 1.54) is 16.7 Å². The van der Waals surface area contributed by atoms with Crippen LogP contribution in [0.15, 0.2) is 54.6 Å². The third kappa shape index (κ3) is 5.12. The van der Waals surface area contributed by atoms with E-state index >= 15 is 0 Å². The average Bonchev–Trinajstić information content (AvgIpc) is 2.68. The molecule has 0 atom stereocenters. The summed E-state index contributed by atoms with van der Waals surface area (Å²) in [5.41, 5.74) is 5.85. The number of piperazine rings is 1. The molecule has 1 saturated heterocycles. The number of nitrogens with zero attached hydrogens (tertiary/aromatic N) is 4. The quantitative estimate of drug-likeness (QED) is 0.700. The Balaban J connectivity index is 1.43. The van der Waals surface area contributed by atoms with E-state index in [0.717, 1.165) is 49.9 Å². The number of hydrogen-bond acceptors (Lipinski definition) is 5. The SMILES string of the molecule is Cc1cc(C)cc(Nc2nc(C)cc(N3CCN(Cc4ccccc4)CC3)n2)c1. The van der Waals surface area contributed by atoms with Gasteiger partial charge >= 0.3 is 0 Å². The molecule has 3 aromatic rings. The van der Waals surface area contributed by atoms with Crippen molar-refractivity contribution in [3.63, 3.8) is 0 Å². The topological polar surface area (TPSA) is 44.3 Å². The Morgan fingerprint density at radius 2 is 1.52 bits per heavy atom. The second-order valence-corrected chi connectivity index (χ2v) is 7.94. The van der Waals surface area contributed by atoms with Gasteiger partial charge in [-0.15, -0.1) is 0 Å². The monoisotopic (exact) mass is 387 g/mol. The minimum Gasteiger partial charge on any atom is -0.354 e. The zero-order valence-corrected chi connectivity index (χ0v) is 17.5. The summed E-state index contributed by atoms with van der Waals surface area (Å²) in [4.78, 5) is 14.3. The first kappa shape index (κ1) is 19.4. The minimum atomic E-state index is 0.664. The summed E-state index contributed by atoms with van der Waals surface area (Å²) in [6, 6.07) is 19.2. The standard InChI is InChI=1S/C24H29N5/c1-18-13-19(2)15-22(14-18)26-24-25-20(3)16-23(27-24)29-11-9-28(10-12-29)17-21-7-5-4-6-8-21/h4-8,13-16H,9-12,17H2,1-3H3,(H,25,26,27). The molecule has 5 heteroatoms. The van der Waals surface area contributed by atoms with E-state index in [1.54, 1.807) is 0 Å². The molecule has 1 aliphatic heterocycles. The van der Waals surface area contributed by atoms with Gasteiger partial charge in [-0.1, -0.05) is 36.4 Å². The second kappa shape index (κ2) is 8.62. The van der Waals surface area contributed by atoms with Crippen LogP contribution in [0.25, 0.3) is 0 Å². The summed E-state index contributed by atoms with van der Waals surface area (Å²) in [7, 11) is 0. The average molecular weight is 388 g/mol. The van der Waals surface area contributed by atoms with Crippen LogP contribution in [0.1, 0.15) is 22.4 Å². The van der Waals surface area contributed by atoms with E-state index in [9.17, 15) is 0 Å². The Hall–Kier alpha value is -2.92. The minimum absolute atomic E-state index is 0.664. The summed E-state index contributed by atoms with van der Waals surface area (Å²) in [5, 5.41) is 3.39. The Bertz CT molecular complexity index is 942. The Morgan fingerprint density at radius 1 is 0.828 bits per heavy atom. The molecule has 1 fully saturated rings. The van der Waals surface area contributed by atoms with Crippen molar-refractivity contribution in [1.29, 1.82) is 0 Å². The lowest BCUT2D eigenvalue weighted by Gasteiger charge is -2.35. The van der Waals surface area contributed by atoms with Crippen molar-refractivity contribution >= 4 is 17.5 Å². The van der Waals surface area contributed by atoms with Crippen LogP contribution in [-0.2, 0) is 6.54 Å². The smallest absolute Gasteiger partial charge is 0.229 e. The molecule has 0 bridgehead atoms. The molecule has 0 aliphatic carbocycles. The lowest BCUT2D eigenvalue weighted by Crippen LogP contribution is -2.46. The van der Waals surface area contributed by atoms with Gasteiger partial charge in [0, 0.05) is 50.2 Å². The molecule has 0 amide bonds. The van der Waals surface area contributed by atoms with Gasteiger partial charge in [0.2, 0.25) is 5.95 Å². The normalized spacial score (nSPS) is 14.8. The maximum Gasteiger partial charge on any atom is 0.229 e. The van der Waals surface area contributed by atoms with Gasteiger partial charge in [0.25, 0.3) is 0 Å². The molecule has 0 saturated carbocycles. The first-order chi connectivity index (χ1) is 14.0. The first-order valence-corrected chi connectivity index (χ1v) is 10.3. The van der Waals surface area contributed by atoms with Crippen LogP contribution in [0.2, 0.25) is 0 Å². The summed E-state index contributed by atoms with van der Waals surface area (Å²) in [6.07, 6.45) is 0. The Kier molecular flexibility index (Phi) is 5.76. The molecule has 1 N–H and O–H groups in total. The Morgan fingerprint density at radius 3 is 2.21 bits per heavy atom. The summed E-state index contributed by atoms with van der Waals surface area (Å²) >= 11 is 0. The lowest BCUT2D eigenvalue weighted by molar-refractivity contribution is 0.249. The molecule has 5 nitrogen and oxygen atoms in total. The van der Waals surface area contributed by atoms with Crippen molar-refractivity contribution in [1.82, 2.24) is 14.9 Å². The molecule has 150 valence electrons.